The number of halogens is 1. The van der Waals surface area contributed by atoms with Crippen LogP contribution >= 0.6 is 11.6 Å². The van der Waals surface area contributed by atoms with Gasteiger partial charge in [0.05, 0.1) is 0 Å². The lowest BCUT2D eigenvalue weighted by molar-refractivity contribution is -0.118. The van der Waals surface area contributed by atoms with Gasteiger partial charge >= 0.3 is 0 Å². The SMILES string of the molecule is O=C(COc1ccnc2c1CCCC2)Nc1ccc(Cl)cc1. The van der Waals surface area contributed by atoms with E-state index in [0.29, 0.717) is 10.7 Å². The van der Waals surface area contributed by atoms with Gasteiger partial charge in [0.2, 0.25) is 0 Å². The summed E-state index contributed by atoms with van der Waals surface area (Å²) in [5.41, 5.74) is 2.95. The number of pyridine rings is 1. The summed E-state index contributed by atoms with van der Waals surface area (Å²) in [7, 11) is 0. The molecule has 22 heavy (non-hydrogen) atoms. The summed E-state index contributed by atoms with van der Waals surface area (Å²) >= 11 is 5.81. The molecule has 0 fully saturated rings. The Morgan fingerprint density at radius 1 is 1.18 bits per heavy atom. The Labute approximate surface area is 134 Å². The van der Waals surface area contributed by atoms with Crippen LogP contribution in [0.1, 0.15) is 24.1 Å². The number of carbonyl (C=O) groups is 1. The van der Waals surface area contributed by atoms with Crippen LogP contribution in [0.15, 0.2) is 36.5 Å². The number of anilines is 1. The van der Waals surface area contributed by atoms with Crippen LogP contribution in [0.4, 0.5) is 5.69 Å². The van der Waals surface area contributed by atoms with Crippen LogP contribution in [0.5, 0.6) is 5.75 Å². The lowest BCUT2D eigenvalue weighted by Crippen LogP contribution is -2.21. The summed E-state index contributed by atoms with van der Waals surface area (Å²) in [6, 6.07) is 8.82. The topological polar surface area (TPSA) is 51.2 Å². The Hall–Kier alpha value is -2.07. The molecule has 0 saturated heterocycles. The quantitative estimate of drug-likeness (QED) is 0.937. The Kier molecular flexibility index (Phi) is 4.59. The highest BCUT2D eigenvalue weighted by molar-refractivity contribution is 6.30. The fourth-order valence-electron chi connectivity index (χ4n) is 2.60. The van der Waals surface area contributed by atoms with Crippen molar-refractivity contribution in [2.24, 2.45) is 0 Å². The van der Waals surface area contributed by atoms with Crippen LogP contribution in [0.3, 0.4) is 0 Å². The molecule has 4 nitrogen and oxygen atoms in total. The molecular formula is C17H17ClN2O2. The first-order valence-corrected chi connectivity index (χ1v) is 7.75. The van der Waals surface area contributed by atoms with Gasteiger partial charge < -0.3 is 10.1 Å². The van der Waals surface area contributed by atoms with E-state index in [1.165, 1.54) is 6.42 Å². The van der Waals surface area contributed by atoms with Crippen molar-refractivity contribution >= 4 is 23.2 Å². The van der Waals surface area contributed by atoms with E-state index in [-0.39, 0.29) is 12.5 Å². The van der Waals surface area contributed by atoms with E-state index in [0.717, 1.165) is 36.3 Å². The van der Waals surface area contributed by atoms with Crippen LogP contribution in [0.25, 0.3) is 0 Å². The average molecular weight is 317 g/mol. The monoisotopic (exact) mass is 316 g/mol. The number of nitrogens with one attached hydrogen (secondary N) is 1. The van der Waals surface area contributed by atoms with E-state index < -0.39 is 0 Å². The normalized spacial score (nSPS) is 13.3. The molecule has 2 aromatic rings. The lowest BCUT2D eigenvalue weighted by Gasteiger charge is -2.18. The Morgan fingerprint density at radius 2 is 1.95 bits per heavy atom. The number of rotatable bonds is 4. The summed E-state index contributed by atoms with van der Waals surface area (Å²) in [5.74, 6) is 0.583. The molecule has 1 aromatic heterocycles. The highest BCUT2D eigenvalue weighted by Gasteiger charge is 2.15. The maximum Gasteiger partial charge on any atom is 0.262 e. The molecule has 1 amide bonds. The van der Waals surface area contributed by atoms with Crippen LogP contribution in [-0.2, 0) is 17.6 Å². The highest BCUT2D eigenvalue weighted by Crippen LogP contribution is 2.27. The number of fused-ring (bicyclic) bond motifs is 1. The molecular weight excluding hydrogens is 300 g/mol. The van der Waals surface area contributed by atoms with Crippen molar-refractivity contribution in [3.05, 3.63) is 52.8 Å². The molecule has 1 N–H and O–H groups in total. The van der Waals surface area contributed by atoms with E-state index in [2.05, 4.69) is 10.3 Å². The largest absolute Gasteiger partial charge is 0.483 e. The van der Waals surface area contributed by atoms with E-state index >= 15 is 0 Å². The molecule has 1 aliphatic rings. The predicted octanol–water partition coefficient (Wildman–Crippen LogP) is 3.63. The predicted molar refractivity (Wildman–Crippen MR) is 86.5 cm³/mol. The zero-order chi connectivity index (χ0) is 15.4. The number of aromatic nitrogens is 1. The van der Waals surface area contributed by atoms with Gasteiger partial charge in [-0.3, -0.25) is 9.78 Å². The molecule has 114 valence electrons. The second-order valence-electron chi connectivity index (χ2n) is 5.29. The summed E-state index contributed by atoms with van der Waals surface area (Å²) in [4.78, 5) is 16.3. The number of benzene rings is 1. The van der Waals surface area contributed by atoms with Crippen molar-refractivity contribution in [2.75, 3.05) is 11.9 Å². The molecule has 0 bridgehead atoms. The van der Waals surface area contributed by atoms with E-state index in [1.54, 1.807) is 30.5 Å². The maximum atomic E-state index is 12.0. The molecule has 0 spiro atoms. The maximum absolute atomic E-state index is 12.0. The van der Waals surface area contributed by atoms with E-state index in [9.17, 15) is 4.79 Å². The summed E-state index contributed by atoms with van der Waals surface area (Å²) in [5, 5.41) is 3.42. The average Bonchev–Trinajstić information content (AvgIpc) is 2.55. The first-order valence-electron chi connectivity index (χ1n) is 7.37. The molecule has 3 rings (SSSR count). The zero-order valence-corrected chi connectivity index (χ0v) is 12.9. The third-order valence-electron chi connectivity index (χ3n) is 3.68. The first kappa shape index (κ1) is 14.9. The minimum atomic E-state index is -0.191. The van der Waals surface area contributed by atoms with Gasteiger partial charge in [-0.15, -0.1) is 0 Å². The van der Waals surface area contributed by atoms with Crippen molar-refractivity contribution in [3.63, 3.8) is 0 Å². The summed E-state index contributed by atoms with van der Waals surface area (Å²) in [6.45, 7) is -0.0148. The van der Waals surface area contributed by atoms with Crippen molar-refractivity contribution in [3.8, 4) is 5.75 Å². The van der Waals surface area contributed by atoms with Gasteiger partial charge in [0.25, 0.3) is 5.91 Å². The second kappa shape index (κ2) is 6.79. The summed E-state index contributed by atoms with van der Waals surface area (Å²) in [6.07, 6.45) is 6.02. The number of hydrogen-bond acceptors (Lipinski definition) is 3. The fourth-order valence-corrected chi connectivity index (χ4v) is 2.73. The molecule has 0 aliphatic heterocycles. The minimum Gasteiger partial charge on any atom is -0.483 e. The minimum absolute atomic E-state index is 0.0148. The van der Waals surface area contributed by atoms with Gasteiger partial charge in [0, 0.05) is 28.2 Å². The zero-order valence-electron chi connectivity index (χ0n) is 12.1. The van der Waals surface area contributed by atoms with Gasteiger partial charge in [0.15, 0.2) is 6.61 Å². The van der Waals surface area contributed by atoms with Crippen LogP contribution < -0.4 is 10.1 Å². The van der Waals surface area contributed by atoms with Crippen molar-refractivity contribution in [2.45, 2.75) is 25.7 Å². The number of ether oxygens (including phenoxy) is 1. The summed E-state index contributed by atoms with van der Waals surface area (Å²) < 4.78 is 5.68. The highest BCUT2D eigenvalue weighted by atomic mass is 35.5. The van der Waals surface area contributed by atoms with Crippen LogP contribution in [-0.4, -0.2) is 17.5 Å². The molecule has 1 aromatic carbocycles. The van der Waals surface area contributed by atoms with Gasteiger partial charge in [-0.1, -0.05) is 11.6 Å². The number of aryl methyl sites for hydroxylation is 1. The van der Waals surface area contributed by atoms with Gasteiger partial charge in [0.1, 0.15) is 5.75 Å². The molecule has 0 saturated carbocycles. The molecule has 1 aliphatic carbocycles. The third kappa shape index (κ3) is 3.57. The van der Waals surface area contributed by atoms with Crippen molar-refractivity contribution in [1.29, 1.82) is 0 Å². The van der Waals surface area contributed by atoms with Gasteiger partial charge in [-0.2, -0.15) is 0 Å². The Bertz CT molecular complexity index is 671. The standard InChI is InChI=1S/C17H17ClN2O2/c18-12-5-7-13(8-6-12)20-17(21)11-22-16-9-10-19-15-4-2-1-3-14(15)16/h5-10H,1-4,11H2,(H,20,21). The van der Waals surface area contributed by atoms with E-state index in [4.69, 9.17) is 16.3 Å². The third-order valence-corrected chi connectivity index (χ3v) is 3.93. The second-order valence-corrected chi connectivity index (χ2v) is 5.72. The lowest BCUT2D eigenvalue weighted by atomic mass is 9.95. The Balaban J connectivity index is 1.60. The number of hydrogen-bond donors (Lipinski definition) is 1. The Morgan fingerprint density at radius 3 is 2.77 bits per heavy atom. The van der Waals surface area contributed by atoms with Crippen LogP contribution in [0, 0.1) is 0 Å². The van der Waals surface area contributed by atoms with Crippen LogP contribution in [0.2, 0.25) is 5.02 Å². The molecule has 5 heteroatoms. The number of amides is 1. The first-order chi connectivity index (χ1) is 10.7. The molecule has 1 heterocycles. The number of nitrogens with zero attached hydrogens (tertiary/aromatic N) is 1. The van der Waals surface area contributed by atoms with E-state index in [1.807, 2.05) is 6.07 Å². The molecule has 0 atom stereocenters. The fraction of sp³-hybridized carbons (Fsp3) is 0.294. The van der Waals surface area contributed by atoms with Gasteiger partial charge in [-0.05, 0) is 56.0 Å². The van der Waals surface area contributed by atoms with Gasteiger partial charge in [-0.25, -0.2) is 0 Å². The molecule has 0 radical (unpaired) electrons. The molecule has 0 unspecified atom stereocenters. The van der Waals surface area contributed by atoms with Crippen molar-refractivity contribution < 1.29 is 9.53 Å². The smallest absolute Gasteiger partial charge is 0.262 e. The number of carbonyl (C=O) groups excluding carboxylic acids is 1. The van der Waals surface area contributed by atoms with Crippen molar-refractivity contribution in [1.82, 2.24) is 4.98 Å².